The molecule has 0 radical (unpaired) electrons. The van der Waals surface area contributed by atoms with Gasteiger partial charge in [-0.1, -0.05) is 13.0 Å². The highest BCUT2D eigenvalue weighted by atomic mass is 16.7. The van der Waals surface area contributed by atoms with Gasteiger partial charge in [0, 0.05) is 11.8 Å². The molecule has 0 bridgehead atoms. The van der Waals surface area contributed by atoms with E-state index in [1.165, 1.54) is 7.11 Å². The minimum atomic E-state index is -0.839. The maximum Gasteiger partial charge on any atom is 0.413 e. The lowest BCUT2D eigenvalue weighted by Crippen LogP contribution is -2.51. The average molecular weight is 556 g/mol. The first kappa shape index (κ1) is 27.3. The number of cyclic esters (lactones) is 1. The van der Waals surface area contributed by atoms with Gasteiger partial charge in [-0.05, 0) is 54.3 Å². The van der Waals surface area contributed by atoms with Crippen LogP contribution in [0.15, 0.2) is 42.2 Å². The second kappa shape index (κ2) is 11.4. The molecule has 1 fully saturated rings. The number of nitrogens with zero attached hydrogens (tertiary/aromatic N) is 1. The van der Waals surface area contributed by atoms with E-state index < -0.39 is 18.3 Å². The molecule has 0 aliphatic carbocycles. The maximum absolute atomic E-state index is 13.1. The Kier molecular flexibility index (Phi) is 7.81. The van der Waals surface area contributed by atoms with Gasteiger partial charge in [0.1, 0.15) is 6.61 Å². The Balaban J connectivity index is 1.65. The Morgan fingerprint density at radius 1 is 0.975 bits per heavy atom. The molecule has 2 aromatic rings. The van der Waals surface area contributed by atoms with Crippen LogP contribution in [-0.2, 0) is 25.4 Å². The van der Waals surface area contributed by atoms with Gasteiger partial charge in [0.25, 0.3) is 0 Å². The standard InChI is InChI=1S/C29H33NO10/c1-6-18-14-37-29(32)30(18)27-20(9-16-10-23(33-2)26(35-4)24(11-16)34-3)19(13-25(40-27)28(31)36-5)17-7-8-21-22(12-17)39-15-38-21/h7-8,10-13,18-20,27H,6,9,14-15H2,1-5H3/t18-,19-,20-,27-/m1/s1. The van der Waals surface area contributed by atoms with Crippen LogP contribution < -0.4 is 23.7 Å². The van der Waals surface area contributed by atoms with Gasteiger partial charge in [0.05, 0.1) is 34.5 Å². The smallest absolute Gasteiger partial charge is 0.413 e. The molecule has 3 aliphatic rings. The molecule has 0 spiro atoms. The largest absolute Gasteiger partial charge is 0.493 e. The molecule has 11 nitrogen and oxygen atoms in total. The minimum Gasteiger partial charge on any atom is -0.493 e. The fourth-order valence-electron chi connectivity index (χ4n) is 5.52. The first-order valence-corrected chi connectivity index (χ1v) is 13.0. The second-order valence-corrected chi connectivity index (χ2v) is 9.62. The summed E-state index contributed by atoms with van der Waals surface area (Å²) in [5.41, 5.74) is 1.71. The number of esters is 1. The molecule has 1 amide bonds. The molecule has 4 atom stereocenters. The zero-order valence-electron chi connectivity index (χ0n) is 23.1. The lowest BCUT2D eigenvalue weighted by Gasteiger charge is -2.42. The van der Waals surface area contributed by atoms with E-state index in [4.69, 9.17) is 37.9 Å². The summed E-state index contributed by atoms with van der Waals surface area (Å²) in [4.78, 5) is 27.4. The summed E-state index contributed by atoms with van der Waals surface area (Å²) in [6, 6.07) is 9.16. The SMILES string of the molecule is CC[C@@H]1COC(=O)N1[C@@H]1OC(C(=O)OC)=C[C@H](c2ccc3c(c2)OCO3)[C@H]1Cc1cc(OC)c(OC)c(OC)c1. The number of hydrogen-bond donors (Lipinski definition) is 0. The highest BCUT2D eigenvalue weighted by Crippen LogP contribution is 2.46. The van der Waals surface area contributed by atoms with E-state index in [0.717, 1.165) is 11.1 Å². The summed E-state index contributed by atoms with van der Waals surface area (Å²) < 4.78 is 44.6. The molecule has 5 rings (SSSR count). The van der Waals surface area contributed by atoms with Gasteiger partial charge in [0.2, 0.25) is 18.3 Å². The van der Waals surface area contributed by atoms with Gasteiger partial charge >= 0.3 is 12.1 Å². The summed E-state index contributed by atoms with van der Waals surface area (Å²) >= 11 is 0. The molecule has 214 valence electrons. The van der Waals surface area contributed by atoms with Crippen LogP contribution in [0.5, 0.6) is 28.7 Å². The molecule has 11 heteroatoms. The van der Waals surface area contributed by atoms with Gasteiger partial charge in [-0.25, -0.2) is 9.59 Å². The Morgan fingerprint density at radius 3 is 2.35 bits per heavy atom. The highest BCUT2D eigenvalue weighted by molar-refractivity contribution is 5.86. The first-order chi connectivity index (χ1) is 19.4. The van der Waals surface area contributed by atoms with Gasteiger partial charge in [-0.3, -0.25) is 4.90 Å². The van der Waals surface area contributed by atoms with E-state index in [-0.39, 0.29) is 37.0 Å². The Labute approximate surface area is 232 Å². The van der Waals surface area contributed by atoms with Crippen molar-refractivity contribution in [3.05, 3.63) is 53.3 Å². The van der Waals surface area contributed by atoms with E-state index in [1.807, 2.05) is 37.3 Å². The Bertz CT molecular complexity index is 1280. The van der Waals surface area contributed by atoms with Crippen LogP contribution in [0.25, 0.3) is 0 Å². The molecule has 2 aromatic carbocycles. The number of carbonyl (C=O) groups is 2. The molecular formula is C29H33NO10. The number of fused-ring (bicyclic) bond motifs is 1. The summed E-state index contributed by atoms with van der Waals surface area (Å²) in [6.07, 6.45) is 1.47. The van der Waals surface area contributed by atoms with Crippen molar-refractivity contribution in [1.82, 2.24) is 4.90 Å². The molecule has 40 heavy (non-hydrogen) atoms. The Morgan fingerprint density at radius 2 is 1.70 bits per heavy atom. The van der Waals surface area contributed by atoms with Crippen molar-refractivity contribution >= 4 is 12.1 Å². The molecule has 1 saturated heterocycles. The number of benzene rings is 2. The number of rotatable bonds is 9. The molecule has 0 unspecified atom stereocenters. The first-order valence-electron chi connectivity index (χ1n) is 13.0. The van der Waals surface area contributed by atoms with E-state index in [1.54, 1.807) is 32.3 Å². The third kappa shape index (κ3) is 4.91. The zero-order chi connectivity index (χ0) is 28.4. The van der Waals surface area contributed by atoms with Crippen LogP contribution in [0.1, 0.15) is 30.4 Å². The lowest BCUT2D eigenvalue weighted by atomic mass is 9.78. The molecule has 3 aliphatic heterocycles. The summed E-state index contributed by atoms with van der Waals surface area (Å²) in [5, 5.41) is 0. The van der Waals surface area contributed by atoms with Gasteiger partial charge in [-0.15, -0.1) is 0 Å². The topological polar surface area (TPSA) is 111 Å². The summed E-state index contributed by atoms with van der Waals surface area (Å²) in [5.74, 6) is 1.36. The highest BCUT2D eigenvalue weighted by Gasteiger charge is 2.48. The predicted octanol–water partition coefficient (Wildman–Crippen LogP) is 4.03. The van der Waals surface area contributed by atoms with Crippen molar-refractivity contribution < 1.29 is 47.5 Å². The number of allylic oxidation sites excluding steroid dienone is 1. The molecule has 0 N–H and O–H groups in total. The number of methoxy groups -OCH3 is 4. The van der Waals surface area contributed by atoms with Crippen LogP contribution in [0.4, 0.5) is 4.79 Å². The van der Waals surface area contributed by atoms with Crippen molar-refractivity contribution in [2.45, 2.75) is 38.0 Å². The average Bonchev–Trinajstić information content (AvgIpc) is 3.61. The van der Waals surface area contributed by atoms with Crippen molar-refractivity contribution in [2.24, 2.45) is 5.92 Å². The van der Waals surface area contributed by atoms with Crippen molar-refractivity contribution in [1.29, 1.82) is 0 Å². The predicted molar refractivity (Wildman–Crippen MR) is 141 cm³/mol. The maximum atomic E-state index is 13.1. The van der Waals surface area contributed by atoms with Gasteiger partial charge in [0.15, 0.2) is 29.2 Å². The zero-order valence-corrected chi connectivity index (χ0v) is 23.1. The van der Waals surface area contributed by atoms with Crippen LogP contribution in [0.2, 0.25) is 0 Å². The van der Waals surface area contributed by atoms with Crippen molar-refractivity contribution in [3.8, 4) is 28.7 Å². The third-order valence-corrected chi connectivity index (χ3v) is 7.52. The molecular weight excluding hydrogens is 522 g/mol. The Hall–Kier alpha value is -4.28. The quantitative estimate of drug-likeness (QED) is 0.421. The van der Waals surface area contributed by atoms with Crippen LogP contribution in [-0.4, -0.2) is 71.1 Å². The third-order valence-electron chi connectivity index (χ3n) is 7.52. The van der Waals surface area contributed by atoms with Crippen LogP contribution in [0, 0.1) is 5.92 Å². The fourth-order valence-corrected chi connectivity index (χ4v) is 5.52. The summed E-state index contributed by atoms with van der Waals surface area (Å²) in [6.45, 7) is 2.34. The normalized spacial score (nSPS) is 23.2. The fraction of sp³-hybridized carbons (Fsp3) is 0.448. The minimum absolute atomic E-state index is 0.0193. The van der Waals surface area contributed by atoms with E-state index >= 15 is 0 Å². The lowest BCUT2D eigenvalue weighted by molar-refractivity contribution is -0.147. The van der Waals surface area contributed by atoms with Gasteiger partial charge in [-0.2, -0.15) is 0 Å². The molecule has 3 heterocycles. The number of amides is 1. The van der Waals surface area contributed by atoms with Crippen LogP contribution in [0.3, 0.4) is 0 Å². The summed E-state index contributed by atoms with van der Waals surface area (Å²) in [7, 11) is 5.95. The second-order valence-electron chi connectivity index (χ2n) is 9.62. The van der Waals surface area contributed by atoms with E-state index in [9.17, 15) is 9.59 Å². The van der Waals surface area contributed by atoms with Crippen molar-refractivity contribution in [3.63, 3.8) is 0 Å². The van der Waals surface area contributed by atoms with E-state index in [2.05, 4.69) is 0 Å². The number of ether oxygens (including phenoxy) is 8. The van der Waals surface area contributed by atoms with Gasteiger partial charge < -0.3 is 37.9 Å². The molecule has 0 saturated carbocycles. The number of hydrogen-bond acceptors (Lipinski definition) is 10. The van der Waals surface area contributed by atoms with Crippen molar-refractivity contribution in [2.75, 3.05) is 41.8 Å². The van der Waals surface area contributed by atoms with Crippen LogP contribution >= 0.6 is 0 Å². The molecule has 0 aromatic heterocycles. The monoisotopic (exact) mass is 555 g/mol. The number of carbonyl (C=O) groups excluding carboxylic acids is 2. The van der Waals surface area contributed by atoms with E-state index in [0.29, 0.717) is 41.6 Å².